The van der Waals surface area contributed by atoms with Crippen LogP contribution in [0.15, 0.2) is 24.3 Å². The van der Waals surface area contributed by atoms with E-state index in [0.29, 0.717) is 5.56 Å². The van der Waals surface area contributed by atoms with E-state index in [0.717, 1.165) is 25.9 Å². The Kier molecular flexibility index (Phi) is 3.38. The van der Waals surface area contributed by atoms with Gasteiger partial charge in [0.2, 0.25) is 0 Å². The van der Waals surface area contributed by atoms with Crippen molar-refractivity contribution in [3.8, 4) is 5.75 Å². The van der Waals surface area contributed by atoms with Crippen LogP contribution in [0.4, 0.5) is 4.39 Å². The first-order chi connectivity index (χ1) is 8.01. The fourth-order valence-electron chi connectivity index (χ4n) is 2.66. The van der Waals surface area contributed by atoms with Crippen LogP contribution in [0.3, 0.4) is 0 Å². The molecular weight excluding hydrogens is 217 g/mol. The van der Waals surface area contributed by atoms with Gasteiger partial charge in [0.25, 0.3) is 0 Å². The van der Waals surface area contributed by atoms with Crippen LogP contribution in [-0.4, -0.2) is 30.1 Å². The summed E-state index contributed by atoms with van der Waals surface area (Å²) in [4.78, 5) is 2.22. The Morgan fingerprint density at radius 2 is 1.88 bits per heavy atom. The third kappa shape index (κ3) is 2.44. The molecule has 0 aliphatic carbocycles. The Balaban J connectivity index is 2.21. The van der Waals surface area contributed by atoms with Gasteiger partial charge in [-0.2, -0.15) is 0 Å². The Bertz CT molecular complexity index is 384. The molecule has 1 aliphatic rings. The maximum absolute atomic E-state index is 14.9. The number of hydrogen-bond acceptors (Lipinski definition) is 2. The number of halogens is 1. The summed E-state index contributed by atoms with van der Waals surface area (Å²) in [5.74, 6) is 0.0587. The Morgan fingerprint density at radius 1 is 1.29 bits per heavy atom. The minimum Gasteiger partial charge on any atom is -0.508 e. The minimum atomic E-state index is -1.44. The first kappa shape index (κ1) is 12.4. The van der Waals surface area contributed by atoms with E-state index >= 15 is 0 Å². The average molecular weight is 237 g/mol. The monoisotopic (exact) mass is 237 g/mol. The molecule has 1 aromatic carbocycles. The van der Waals surface area contributed by atoms with E-state index in [9.17, 15) is 9.50 Å². The number of piperidine rings is 1. The zero-order chi connectivity index (χ0) is 12.5. The zero-order valence-electron chi connectivity index (χ0n) is 10.5. The average Bonchev–Trinajstić information content (AvgIpc) is 2.30. The van der Waals surface area contributed by atoms with Gasteiger partial charge in [0.15, 0.2) is 0 Å². The van der Waals surface area contributed by atoms with Crippen LogP contribution in [0.5, 0.6) is 5.75 Å². The van der Waals surface area contributed by atoms with Crippen molar-refractivity contribution in [2.24, 2.45) is 5.92 Å². The van der Waals surface area contributed by atoms with Crippen molar-refractivity contribution < 1.29 is 9.50 Å². The number of benzene rings is 1. The van der Waals surface area contributed by atoms with Crippen LogP contribution in [-0.2, 0) is 5.67 Å². The molecule has 1 unspecified atom stereocenters. The second-order valence-electron chi connectivity index (χ2n) is 5.17. The van der Waals surface area contributed by atoms with Crippen LogP contribution in [0.1, 0.15) is 25.3 Å². The van der Waals surface area contributed by atoms with E-state index in [1.807, 2.05) is 0 Å². The number of para-hydroxylation sites is 1. The largest absolute Gasteiger partial charge is 0.508 e. The van der Waals surface area contributed by atoms with Crippen molar-refractivity contribution >= 4 is 0 Å². The zero-order valence-corrected chi connectivity index (χ0v) is 10.5. The molecule has 0 bridgehead atoms. The maximum atomic E-state index is 14.9. The number of aromatic hydroxyl groups is 1. The van der Waals surface area contributed by atoms with E-state index in [1.54, 1.807) is 31.2 Å². The van der Waals surface area contributed by atoms with Crippen LogP contribution in [0, 0.1) is 5.92 Å². The molecule has 0 spiro atoms. The fourth-order valence-corrected chi connectivity index (χ4v) is 2.66. The number of nitrogens with zero attached hydrogens (tertiary/aromatic N) is 1. The molecule has 1 aromatic rings. The lowest BCUT2D eigenvalue weighted by molar-refractivity contribution is 0.0503. The number of likely N-dealkylation sites (tertiary alicyclic amines) is 1. The molecule has 3 heteroatoms. The summed E-state index contributed by atoms with van der Waals surface area (Å²) < 4.78 is 14.9. The molecule has 17 heavy (non-hydrogen) atoms. The van der Waals surface area contributed by atoms with Crippen LogP contribution >= 0.6 is 0 Å². The molecule has 2 nitrogen and oxygen atoms in total. The van der Waals surface area contributed by atoms with Gasteiger partial charge >= 0.3 is 0 Å². The molecule has 1 heterocycles. The predicted octanol–water partition coefficient (Wildman–Crippen LogP) is 2.92. The summed E-state index contributed by atoms with van der Waals surface area (Å²) in [6, 6.07) is 6.75. The molecule has 94 valence electrons. The van der Waals surface area contributed by atoms with Gasteiger partial charge < -0.3 is 10.0 Å². The first-order valence-electron chi connectivity index (χ1n) is 6.17. The topological polar surface area (TPSA) is 23.5 Å². The molecule has 1 N–H and O–H groups in total. The first-order valence-corrected chi connectivity index (χ1v) is 6.17. The van der Waals surface area contributed by atoms with E-state index < -0.39 is 5.67 Å². The van der Waals surface area contributed by atoms with Crippen molar-refractivity contribution in [3.05, 3.63) is 29.8 Å². The van der Waals surface area contributed by atoms with Crippen molar-refractivity contribution in [1.82, 2.24) is 4.90 Å². The number of alkyl halides is 1. The quantitative estimate of drug-likeness (QED) is 0.855. The van der Waals surface area contributed by atoms with Gasteiger partial charge in [-0.25, -0.2) is 4.39 Å². The van der Waals surface area contributed by atoms with Crippen molar-refractivity contribution in [1.29, 1.82) is 0 Å². The van der Waals surface area contributed by atoms with E-state index in [1.165, 1.54) is 0 Å². The molecule has 0 aromatic heterocycles. The molecule has 1 aliphatic heterocycles. The van der Waals surface area contributed by atoms with Crippen LogP contribution < -0.4 is 0 Å². The van der Waals surface area contributed by atoms with Crippen LogP contribution in [0.2, 0.25) is 0 Å². The van der Waals surface area contributed by atoms with Gasteiger partial charge in [-0.3, -0.25) is 0 Å². The van der Waals surface area contributed by atoms with Gasteiger partial charge in [0.05, 0.1) is 0 Å². The molecule has 0 amide bonds. The highest BCUT2D eigenvalue weighted by Gasteiger charge is 2.39. The lowest BCUT2D eigenvalue weighted by Crippen LogP contribution is -2.38. The lowest BCUT2D eigenvalue weighted by Gasteiger charge is -2.37. The molecule has 0 radical (unpaired) electrons. The second-order valence-corrected chi connectivity index (χ2v) is 5.17. The summed E-state index contributed by atoms with van der Waals surface area (Å²) in [5.41, 5.74) is -1.01. The Hall–Kier alpha value is -1.09. The fraction of sp³-hybridized carbons (Fsp3) is 0.571. The molecule has 1 saturated heterocycles. The third-order valence-corrected chi connectivity index (χ3v) is 3.92. The number of phenols is 1. The van der Waals surface area contributed by atoms with E-state index in [4.69, 9.17) is 0 Å². The lowest BCUT2D eigenvalue weighted by atomic mass is 9.78. The second kappa shape index (κ2) is 4.65. The summed E-state index contributed by atoms with van der Waals surface area (Å²) in [7, 11) is 2.06. The normalized spacial score (nSPS) is 22.3. The molecule has 1 atom stereocenters. The van der Waals surface area contributed by atoms with Crippen molar-refractivity contribution in [3.63, 3.8) is 0 Å². The molecular formula is C14H20FNO. The van der Waals surface area contributed by atoms with Crippen LogP contribution in [0.25, 0.3) is 0 Å². The summed E-state index contributed by atoms with van der Waals surface area (Å²) in [6.45, 7) is 3.45. The van der Waals surface area contributed by atoms with Gasteiger partial charge in [0.1, 0.15) is 11.4 Å². The number of hydrogen-bond donors (Lipinski definition) is 1. The van der Waals surface area contributed by atoms with Crippen molar-refractivity contribution in [2.75, 3.05) is 20.1 Å². The number of rotatable bonds is 2. The molecule has 0 saturated carbocycles. The Labute approximate surface area is 102 Å². The third-order valence-electron chi connectivity index (χ3n) is 3.92. The Morgan fingerprint density at radius 3 is 2.47 bits per heavy atom. The summed E-state index contributed by atoms with van der Waals surface area (Å²) in [5, 5.41) is 9.78. The van der Waals surface area contributed by atoms with Gasteiger partial charge in [-0.1, -0.05) is 18.2 Å². The van der Waals surface area contributed by atoms with Gasteiger partial charge in [-0.05, 0) is 51.9 Å². The highest BCUT2D eigenvalue weighted by atomic mass is 19.1. The highest BCUT2D eigenvalue weighted by molar-refractivity contribution is 5.37. The minimum absolute atomic E-state index is 0.00741. The molecule has 2 rings (SSSR count). The maximum Gasteiger partial charge on any atom is 0.139 e. The highest BCUT2D eigenvalue weighted by Crippen LogP contribution is 2.42. The SMILES string of the molecule is CN1CCC(C(C)(F)c2ccccc2O)CC1. The number of phenolic OH excluding ortho intramolecular Hbond substituents is 1. The predicted molar refractivity (Wildman–Crippen MR) is 66.8 cm³/mol. The van der Waals surface area contributed by atoms with E-state index in [-0.39, 0.29) is 11.7 Å². The smallest absolute Gasteiger partial charge is 0.139 e. The summed E-state index contributed by atoms with van der Waals surface area (Å²) >= 11 is 0. The standard InChI is InChI=1S/C14H20FNO/c1-14(15,11-7-9-16(2)10-8-11)12-5-3-4-6-13(12)17/h3-6,11,17H,7-10H2,1-2H3. The summed E-state index contributed by atoms with van der Waals surface area (Å²) in [6.07, 6.45) is 1.69. The molecule has 1 fully saturated rings. The van der Waals surface area contributed by atoms with Crippen molar-refractivity contribution in [2.45, 2.75) is 25.4 Å². The van der Waals surface area contributed by atoms with E-state index in [2.05, 4.69) is 11.9 Å². The van der Waals surface area contributed by atoms with Gasteiger partial charge in [-0.15, -0.1) is 0 Å². The van der Waals surface area contributed by atoms with Gasteiger partial charge in [0, 0.05) is 5.56 Å².